The Morgan fingerprint density at radius 2 is 1.96 bits per heavy atom. The van der Waals surface area contributed by atoms with Gasteiger partial charge in [-0.1, -0.05) is 19.1 Å². The Labute approximate surface area is 143 Å². The number of carbonyl (C=O) groups excluding carboxylic acids is 2. The Hall–Kier alpha value is -2.04. The highest BCUT2D eigenvalue weighted by Crippen LogP contribution is 2.39. The third-order valence-corrected chi connectivity index (χ3v) is 5.56. The molecule has 1 aromatic carbocycles. The number of fused-ring (bicyclic) bond motifs is 1. The van der Waals surface area contributed by atoms with Gasteiger partial charge in [-0.3, -0.25) is 9.59 Å². The van der Waals surface area contributed by atoms with Crippen LogP contribution >= 0.6 is 0 Å². The van der Waals surface area contributed by atoms with Gasteiger partial charge < -0.3 is 15.1 Å². The van der Waals surface area contributed by atoms with Gasteiger partial charge in [-0.15, -0.1) is 0 Å². The second-order valence-electron chi connectivity index (χ2n) is 7.26. The summed E-state index contributed by atoms with van der Waals surface area (Å²) in [4.78, 5) is 29.4. The Balaban J connectivity index is 1.59. The summed E-state index contributed by atoms with van der Waals surface area (Å²) in [5.41, 5.74) is 1.34. The van der Waals surface area contributed by atoms with Crippen LogP contribution in [0.5, 0.6) is 0 Å². The van der Waals surface area contributed by atoms with E-state index in [1.54, 1.807) is 0 Å². The molecule has 5 nitrogen and oxygen atoms in total. The largest absolute Gasteiger partial charge is 0.362 e. The van der Waals surface area contributed by atoms with Crippen LogP contribution in [0.25, 0.3) is 0 Å². The van der Waals surface area contributed by atoms with Gasteiger partial charge in [0.15, 0.2) is 0 Å². The number of benzene rings is 1. The van der Waals surface area contributed by atoms with Crippen LogP contribution in [-0.2, 0) is 4.79 Å². The van der Waals surface area contributed by atoms with Crippen LogP contribution in [0.1, 0.15) is 49.4 Å². The van der Waals surface area contributed by atoms with Crippen molar-refractivity contribution < 1.29 is 9.59 Å². The first kappa shape index (κ1) is 15.5. The zero-order chi connectivity index (χ0) is 16.7. The first-order valence-electron chi connectivity index (χ1n) is 9.12. The number of nitrogens with zero attached hydrogens (tertiary/aromatic N) is 2. The van der Waals surface area contributed by atoms with E-state index in [1.165, 1.54) is 0 Å². The molecule has 0 aromatic heterocycles. The smallest absolute Gasteiger partial charge is 0.257 e. The second-order valence-corrected chi connectivity index (χ2v) is 7.26. The standard InChI is InChI=1S/C19H25N3O2/c1-2-11-22-18(24)15-5-3-4-6-16(15)20-19(22)9-12-21(13-10-19)17(23)14-7-8-14/h3-6,14,20H,2,7-13H2,1H3. The molecule has 2 amide bonds. The van der Waals surface area contributed by atoms with Crippen molar-refractivity contribution in [1.29, 1.82) is 0 Å². The first-order chi connectivity index (χ1) is 11.6. The van der Waals surface area contributed by atoms with E-state index in [9.17, 15) is 9.59 Å². The Morgan fingerprint density at radius 3 is 2.62 bits per heavy atom. The van der Waals surface area contributed by atoms with Crippen molar-refractivity contribution in [2.75, 3.05) is 25.0 Å². The van der Waals surface area contributed by atoms with Gasteiger partial charge in [0.25, 0.3) is 5.91 Å². The van der Waals surface area contributed by atoms with Gasteiger partial charge in [-0.25, -0.2) is 0 Å². The molecule has 1 saturated carbocycles. The van der Waals surface area contributed by atoms with Gasteiger partial charge in [0, 0.05) is 44.1 Å². The number of anilines is 1. The molecule has 128 valence electrons. The molecule has 1 spiro atoms. The van der Waals surface area contributed by atoms with Crippen molar-refractivity contribution in [3.63, 3.8) is 0 Å². The monoisotopic (exact) mass is 327 g/mol. The summed E-state index contributed by atoms with van der Waals surface area (Å²) in [6, 6.07) is 7.76. The average Bonchev–Trinajstić information content (AvgIpc) is 3.44. The maximum absolute atomic E-state index is 13.0. The number of hydrogen-bond acceptors (Lipinski definition) is 3. The SMILES string of the molecule is CCCN1C(=O)c2ccccc2NC12CCN(C(=O)C1CC1)CC2. The van der Waals surface area contributed by atoms with Crippen LogP contribution in [0.3, 0.4) is 0 Å². The molecule has 1 N–H and O–H groups in total. The Kier molecular flexibility index (Phi) is 3.74. The van der Waals surface area contributed by atoms with Gasteiger partial charge in [0.1, 0.15) is 5.66 Å². The van der Waals surface area contributed by atoms with Crippen molar-refractivity contribution in [2.24, 2.45) is 5.92 Å². The number of rotatable bonds is 3. The van der Waals surface area contributed by atoms with Crippen molar-refractivity contribution in [2.45, 2.75) is 44.7 Å². The number of hydrogen-bond donors (Lipinski definition) is 1. The minimum Gasteiger partial charge on any atom is -0.362 e. The minimum atomic E-state index is -0.345. The fourth-order valence-electron chi connectivity index (χ4n) is 4.06. The molecule has 2 aliphatic heterocycles. The van der Waals surface area contributed by atoms with Gasteiger partial charge in [0.05, 0.1) is 5.56 Å². The van der Waals surface area contributed by atoms with E-state index in [0.29, 0.717) is 5.91 Å². The molecule has 2 fully saturated rings. The third-order valence-electron chi connectivity index (χ3n) is 5.56. The lowest BCUT2D eigenvalue weighted by Gasteiger charge is -2.52. The van der Waals surface area contributed by atoms with E-state index in [2.05, 4.69) is 12.2 Å². The second kappa shape index (κ2) is 5.80. The first-order valence-corrected chi connectivity index (χ1v) is 9.12. The topological polar surface area (TPSA) is 52.7 Å². The molecule has 0 bridgehead atoms. The summed E-state index contributed by atoms with van der Waals surface area (Å²) >= 11 is 0. The number of likely N-dealkylation sites (tertiary alicyclic amines) is 1. The normalized spacial score (nSPS) is 22.3. The van der Waals surface area contributed by atoms with Gasteiger partial charge in [-0.2, -0.15) is 0 Å². The molecule has 3 aliphatic rings. The maximum Gasteiger partial charge on any atom is 0.257 e. The quantitative estimate of drug-likeness (QED) is 0.929. The van der Waals surface area contributed by atoms with E-state index < -0.39 is 0 Å². The minimum absolute atomic E-state index is 0.119. The summed E-state index contributed by atoms with van der Waals surface area (Å²) in [6.45, 7) is 4.32. The van der Waals surface area contributed by atoms with Crippen molar-refractivity contribution in [3.05, 3.63) is 29.8 Å². The van der Waals surface area contributed by atoms with Crippen LogP contribution in [0.15, 0.2) is 24.3 Å². The molecule has 2 heterocycles. The predicted molar refractivity (Wildman–Crippen MR) is 92.7 cm³/mol. The lowest BCUT2D eigenvalue weighted by Crippen LogP contribution is -2.64. The Morgan fingerprint density at radius 1 is 1.25 bits per heavy atom. The lowest BCUT2D eigenvalue weighted by molar-refractivity contribution is -0.134. The van der Waals surface area contributed by atoms with Crippen molar-refractivity contribution in [1.82, 2.24) is 9.80 Å². The van der Waals surface area contributed by atoms with Crippen LogP contribution in [0.4, 0.5) is 5.69 Å². The Bertz CT molecular complexity index is 660. The number of nitrogens with one attached hydrogen (secondary N) is 1. The summed E-state index contributed by atoms with van der Waals surface area (Å²) in [5.74, 6) is 0.704. The molecule has 0 radical (unpaired) electrons. The van der Waals surface area contributed by atoms with Crippen molar-refractivity contribution >= 4 is 17.5 Å². The van der Waals surface area contributed by atoms with E-state index in [0.717, 1.165) is 63.0 Å². The highest BCUT2D eigenvalue weighted by molar-refractivity contribution is 6.02. The maximum atomic E-state index is 13.0. The van der Waals surface area contributed by atoms with Gasteiger partial charge in [-0.05, 0) is 31.4 Å². The number of carbonyl (C=O) groups is 2. The van der Waals surface area contributed by atoms with E-state index in [1.807, 2.05) is 34.1 Å². The molecular formula is C19H25N3O2. The zero-order valence-electron chi connectivity index (χ0n) is 14.3. The molecule has 1 saturated heterocycles. The van der Waals surface area contributed by atoms with Crippen LogP contribution in [0.2, 0.25) is 0 Å². The average molecular weight is 327 g/mol. The van der Waals surface area contributed by atoms with E-state index >= 15 is 0 Å². The van der Waals surface area contributed by atoms with Crippen molar-refractivity contribution in [3.8, 4) is 0 Å². The molecular weight excluding hydrogens is 302 g/mol. The fourth-order valence-corrected chi connectivity index (χ4v) is 4.06. The fraction of sp³-hybridized carbons (Fsp3) is 0.579. The molecule has 5 heteroatoms. The lowest BCUT2D eigenvalue weighted by atomic mass is 9.89. The highest BCUT2D eigenvalue weighted by atomic mass is 16.2. The summed E-state index contributed by atoms with van der Waals surface area (Å²) in [5, 5.41) is 3.65. The molecule has 4 rings (SSSR count). The molecule has 0 unspecified atom stereocenters. The molecule has 1 aromatic rings. The number of para-hydroxylation sites is 1. The van der Waals surface area contributed by atoms with Crippen LogP contribution in [0, 0.1) is 5.92 Å². The summed E-state index contributed by atoms with van der Waals surface area (Å²) in [6.07, 6.45) is 4.62. The third kappa shape index (κ3) is 2.46. The number of piperidine rings is 1. The number of amides is 2. The van der Waals surface area contributed by atoms with Crippen LogP contribution in [-0.4, -0.2) is 46.9 Å². The highest BCUT2D eigenvalue weighted by Gasteiger charge is 2.47. The molecule has 0 atom stereocenters. The van der Waals surface area contributed by atoms with Crippen LogP contribution < -0.4 is 5.32 Å². The predicted octanol–water partition coefficient (Wildman–Crippen LogP) is 2.69. The summed E-state index contributed by atoms with van der Waals surface area (Å²) in [7, 11) is 0. The zero-order valence-corrected chi connectivity index (χ0v) is 14.3. The molecule has 24 heavy (non-hydrogen) atoms. The summed E-state index contributed by atoms with van der Waals surface area (Å²) < 4.78 is 0. The molecule has 1 aliphatic carbocycles. The van der Waals surface area contributed by atoms with Gasteiger partial charge >= 0.3 is 0 Å². The van der Waals surface area contributed by atoms with E-state index in [4.69, 9.17) is 0 Å². The van der Waals surface area contributed by atoms with E-state index in [-0.39, 0.29) is 17.5 Å². The van der Waals surface area contributed by atoms with Gasteiger partial charge in [0.2, 0.25) is 5.91 Å².